The van der Waals surface area contributed by atoms with E-state index in [-0.39, 0.29) is 24.2 Å². The van der Waals surface area contributed by atoms with E-state index in [1.807, 2.05) is 0 Å². The molecule has 1 aliphatic carbocycles. The summed E-state index contributed by atoms with van der Waals surface area (Å²) in [7, 11) is 0. The van der Waals surface area contributed by atoms with Gasteiger partial charge in [-0.1, -0.05) is 28.8 Å². The molecule has 0 aromatic heterocycles. The molecule has 0 radical (unpaired) electrons. The van der Waals surface area contributed by atoms with Gasteiger partial charge in [-0.25, -0.2) is 0 Å². The number of benzene rings is 1. The lowest BCUT2D eigenvalue weighted by Gasteiger charge is -2.36. The van der Waals surface area contributed by atoms with Crippen molar-refractivity contribution >= 4 is 28.3 Å². The molecule has 1 saturated heterocycles. The van der Waals surface area contributed by atoms with Crippen LogP contribution in [0.25, 0.3) is 0 Å². The van der Waals surface area contributed by atoms with Crippen molar-refractivity contribution in [2.24, 2.45) is 5.92 Å². The van der Waals surface area contributed by atoms with Crippen LogP contribution in [0.3, 0.4) is 0 Å². The Bertz CT molecular complexity index is 549. The summed E-state index contributed by atoms with van der Waals surface area (Å²) in [5.41, 5.74) is 0.630. The number of rotatable bonds is 5. The largest absolute Gasteiger partial charge is 0.573 e. The molecule has 0 bridgehead atoms. The van der Waals surface area contributed by atoms with Gasteiger partial charge in [0.25, 0.3) is 0 Å². The Labute approximate surface area is 154 Å². The van der Waals surface area contributed by atoms with Crippen LogP contribution in [0.5, 0.6) is 5.75 Å². The van der Waals surface area contributed by atoms with E-state index >= 15 is 0 Å². The van der Waals surface area contributed by atoms with Crippen LogP contribution in [0.1, 0.15) is 30.9 Å². The van der Waals surface area contributed by atoms with Crippen LogP contribution < -0.4 is 10.1 Å². The quantitative estimate of drug-likeness (QED) is 0.745. The summed E-state index contributed by atoms with van der Waals surface area (Å²) in [6.45, 7) is 3.42. The molecule has 2 aliphatic rings. The molecule has 3 rings (SSSR count). The maximum Gasteiger partial charge on any atom is 0.573 e. The number of nitrogens with zero attached hydrogens (tertiary/aromatic N) is 1. The normalized spacial score (nSPS) is 20.3. The number of halogens is 5. The standard InChI is InChI=1S/C16H20BrF3N2O.ClH/c17-12-3-4-15(23-16(18,19)20)13(10-12)14(9-11-1-2-11)22-7-5-21-6-8-22;/h3-4,10-11,14,21H,1-2,5-9H2;1H/t14-;/m0./s1. The lowest BCUT2D eigenvalue weighted by atomic mass is 9.97. The first-order chi connectivity index (χ1) is 10.9. The Balaban J connectivity index is 0.00000208. The van der Waals surface area contributed by atoms with Crippen LogP contribution in [-0.4, -0.2) is 37.4 Å². The average molecular weight is 430 g/mol. The van der Waals surface area contributed by atoms with Crippen molar-refractivity contribution in [3.05, 3.63) is 28.2 Å². The molecule has 1 aliphatic heterocycles. The Morgan fingerprint density at radius 2 is 1.92 bits per heavy atom. The molecule has 3 nitrogen and oxygen atoms in total. The monoisotopic (exact) mass is 428 g/mol. The molecule has 136 valence electrons. The smallest absolute Gasteiger partial charge is 0.405 e. The van der Waals surface area contributed by atoms with Crippen LogP contribution in [0, 0.1) is 5.92 Å². The molecule has 1 saturated carbocycles. The van der Waals surface area contributed by atoms with Gasteiger partial charge in [-0.2, -0.15) is 0 Å². The number of alkyl halides is 3. The average Bonchev–Trinajstić information content (AvgIpc) is 3.30. The van der Waals surface area contributed by atoms with Gasteiger partial charge in [0.1, 0.15) is 5.75 Å². The Morgan fingerprint density at radius 3 is 2.50 bits per heavy atom. The summed E-state index contributed by atoms with van der Waals surface area (Å²) >= 11 is 3.38. The fraction of sp³-hybridized carbons (Fsp3) is 0.625. The van der Waals surface area contributed by atoms with E-state index < -0.39 is 6.36 Å². The summed E-state index contributed by atoms with van der Waals surface area (Å²) in [5.74, 6) is 0.539. The predicted molar refractivity (Wildman–Crippen MR) is 92.6 cm³/mol. The van der Waals surface area contributed by atoms with Gasteiger partial charge in [-0.3, -0.25) is 4.90 Å². The molecule has 0 amide bonds. The summed E-state index contributed by atoms with van der Waals surface area (Å²) in [6.07, 6.45) is -1.43. The third-order valence-corrected chi connectivity index (χ3v) is 4.90. The summed E-state index contributed by atoms with van der Waals surface area (Å²) in [6, 6.07) is 4.75. The van der Waals surface area contributed by atoms with Crippen molar-refractivity contribution in [1.29, 1.82) is 0 Å². The minimum absolute atomic E-state index is 0. The molecule has 1 aromatic carbocycles. The first kappa shape index (κ1) is 19.8. The number of piperazine rings is 1. The number of ether oxygens (including phenoxy) is 1. The van der Waals surface area contributed by atoms with E-state index in [1.54, 1.807) is 12.1 Å². The van der Waals surface area contributed by atoms with E-state index in [0.717, 1.165) is 37.1 Å². The van der Waals surface area contributed by atoms with Crippen LogP contribution in [0.15, 0.2) is 22.7 Å². The second kappa shape index (κ2) is 8.25. The Kier molecular flexibility index (Phi) is 6.82. The van der Waals surface area contributed by atoms with Gasteiger partial charge in [0.15, 0.2) is 0 Å². The third-order valence-electron chi connectivity index (χ3n) is 4.40. The number of nitrogens with one attached hydrogen (secondary N) is 1. The van der Waals surface area contributed by atoms with Crippen LogP contribution in [-0.2, 0) is 0 Å². The highest BCUT2D eigenvalue weighted by atomic mass is 79.9. The molecule has 1 atom stereocenters. The van der Waals surface area contributed by atoms with E-state index in [1.165, 1.54) is 18.9 Å². The highest BCUT2D eigenvalue weighted by Crippen LogP contribution is 2.43. The van der Waals surface area contributed by atoms with Gasteiger partial charge in [0.05, 0.1) is 0 Å². The van der Waals surface area contributed by atoms with Crippen LogP contribution in [0.4, 0.5) is 13.2 Å². The first-order valence-electron chi connectivity index (χ1n) is 7.92. The second-order valence-electron chi connectivity index (χ2n) is 6.21. The maximum absolute atomic E-state index is 12.7. The van der Waals surface area contributed by atoms with Crippen molar-refractivity contribution in [3.63, 3.8) is 0 Å². The SMILES string of the molecule is Cl.FC(F)(F)Oc1ccc(Br)cc1[C@H](CC1CC1)N1CCNCC1. The molecule has 0 spiro atoms. The van der Waals surface area contributed by atoms with E-state index in [9.17, 15) is 13.2 Å². The van der Waals surface area contributed by atoms with Gasteiger partial charge in [0.2, 0.25) is 0 Å². The molecule has 24 heavy (non-hydrogen) atoms. The second-order valence-corrected chi connectivity index (χ2v) is 7.13. The van der Waals surface area contributed by atoms with Crippen LogP contribution >= 0.6 is 28.3 Å². The number of hydrogen-bond acceptors (Lipinski definition) is 3. The molecular formula is C16H21BrClF3N2O. The van der Waals surface area contributed by atoms with Gasteiger partial charge in [0, 0.05) is 42.3 Å². The van der Waals surface area contributed by atoms with Crippen LogP contribution in [0.2, 0.25) is 0 Å². The highest BCUT2D eigenvalue weighted by Gasteiger charge is 2.36. The van der Waals surface area contributed by atoms with Crippen molar-refractivity contribution in [2.45, 2.75) is 31.7 Å². The Morgan fingerprint density at radius 1 is 1.25 bits per heavy atom. The molecule has 1 heterocycles. The third kappa shape index (κ3) is 5.51. The highest BCUT2D eigenvalue weighted by molar-refractivity contribution is 9.10. The van der Waals surface area contributed by atoms with Crippen molar-refractivity contribution in [1.82, 2.24) is 10.2 Å². The summed E-state index contributed by atoms with van der Waals surface area (Å²) in [4.78, 5) is 2.28. The fourth-order valence-electron chi connectivity index (χ4n) is 3.13. The zero-order valence-corrected chi connectivity index (χ0v) is 15.5. The predicted octanol–water partition coefficient (Wildman–Crippen LogP) is 4.52. The minimum atomic E-state index is -4.67. The summed E-state index contributed by atoms with van der Waals surface area (Å²) in [5, 5.41) is 3.29. The number of hydrogen-bond donors (Lipinski definition) is 1. The molecule has 1 aromatic rings. The van der Waals surface area contributed by atoms with Crippen molar-refractivity contribution in [2.75, 3.05) is 26.2 Å². The van der Waals surface area contributed by atoms with Crippen molar-refractivity contribution < 1.29 is 17.9 Å². The van der Waals surface area contributed by atoms with Gasteiger partial charge in [-0.05, 0) is 30.5 Å². The first-order valence-corrected chi connectivity index (χ1v) is 8.71. The fourth-order valence-corrected chi connectivity index (χ4v) is 3.51. The van der Waals surface area contributed by atoms with Crippen molar-refractivity contribution in [3.8, 4) is 5.75 Å². The van der Waals surface area contributed by atoms with E-state index in [2.05, 4.69) is 30.9 Å². The van der Waals surface area contributed by atoms with E-state index in [0.29, 0.717) is 11.5 Å². The van der Waals surface area contributed by atoms with Gasteiger partial charge in [-0.15, -0.1) is 25.6 Å². The zero-order valence-electron chi connectivity index (χ0n) is 13.1. The maximum atomic E-state index is 12.7. The molecule has 8 heteroatoms. The Hall–Kier alpha value is -0.500. The molecule has 2 fully saturated rings. The van der Waals surface area contributed by atoms with E-state index in [4.69, 9.17) is 0 Å². The van der Waals surface area contributed by atoms with Gasteiger partial charge >= 0.3 is 6.36 Å². The molecular weight excluding hydrogens is 409 g/mol. The molecule has 0 unspecified atom stereocenters. The lowest BCUT2D eigenvalue weighted by molar-refractivity contribution is -0.275. The topological polar surface area (TPSA) is 24.5 Å². The molecule has 1 N–H and O–H groups in total. The van der Waals surface area contributed by atoms with Gasteiger partial charge < -0.3 is 10.1 Å². The lowest BCUT2D eigenvalue weighted by Crippen LogP contribution is -2.45. The summed E-state index contributed by atoms with van der Waals surface area (Å²) < 4.78 is 43.3. The minimum Gasteiger partial charge on any atom is -0.405 e. The zero-order chi connectivity index (χ0) is 16.4.